The minimum atomic E-state index is -0.130. The van der Waals surface area contributed by atoms with E-state index in [9.17, 15) is 14.4 Å². The van der Waals surface area contributed by atoms with Crippen molar-refractivity contribution in [3.8, 4) is 0 Å². The fourth-order valence-electron chi connectivity index (χ4n) is 3.59. The van der Waals surface area contributed by atoms with Crippen molar-refractivity contribution in [2.24, 2.45) is 10.8 Å². The van der Waals surface area contributed by atoms with Crippen LogP contribution in [0.5, 0.6) is 0 Å². The Balaban J connectivity index is 1.49. The molecule has 1 aromatic carbocycles. The van der Waals surface area contributed by atoms with Gasteiger partial charge in [0.1, 0.15) is 0 Å². The zero-order valence-electron chi connectivity index (χ0n) is 16.1. The summed E-state index contributed by atoms with van der Waals surface area (Å²) in [6.07, 6.45) is 4.02. The fourth-order valence-corrected chi connectivity index (χ4v) is 3.59. The van der Waals surface area contributed by atoms with E-state index in [1.165, 1.54) is 5.01 Å². The monoisotopic (exact) mass is 385 g/mol. The number of hydrazone groups is 1. The largest absolute Gasteiger partial charge is 0.353 e. The third-order valence-corrected chi connectivity index (χ3v) is 5.09. The molecule has 1 aliphatic carbocycles. The molecule has 2 aliphatic rings. The highest BCUT2D eigenvalue weighted by Crippen LogP contribution is 2.22. The van der Waals surface area contributed by atoms with Crippen LogP contribution in [-0.2, 0) is 9.59 Å². The highest BCUT2D eigenvalue weighted by molar-refractivity contribution is 6.12. The number of amides is 3. The Morgan fingerprint density at radius 3 is 2.25 bits per heavy atom. The van der Waals surface area contributed by atoms with Gasteiger partial charge in [-0.3, -0.25) is 14.4 Å². The second kappa shape index (κ2) is 8.97. The molecule has 0 saturated heterocycles. The lowest BCUT2D eigenvalue weighted by atomic mass is 9.91. The molecule has 1 fully saturated rings. The van der Waals surface area contributed by atoms with Gasteiger partial charge < -0.3 is 16.4 Å². The van der Waals surface area contributed by atoms with E-state index in [4.69, 9.17) is 5.73 Å². The van der Waals surface area contributed by atoms with E-state index >= 15 is 0 Å². The van der Waals surface area contributed by atoms with Crippen LogP contribution in [0.2, 0.25) is 0 Å². The Bertz CT molecular complexity index is 767. The van der Waals surface area contributed by atoms with Gasteiger partial charge >= 0.3 is 0 Å². The maximum absolute atomic E-state index is 12.5. The zero-order valence-corrected chi connectivity index (χ0v) is 16.1. The highest BCUT2D eigenvalue weighted by atomic mass is 16.2. The number of hydrogen-bond acceptors (Lipinski definition) is 5. The standard InChI is InChI=1S/C20H27N5O3/c1-13-12-19(27)25(24-13)17-8-2-14(3-9-17)20(28)23-16-6-4-15(5-7-16)22-18(26)10-11-21/h2-3,8-9,15-16H,4-7,10-12,21H2,1H3,(H,22,26)(H,23,28). The SMILES string of the molecule is CC1=NN(c2ccc(C(=O)NC3CCC(NC(=O)CCN)CC3)cc2)C(=O)C1. The summed E-state index contributed by atoms with van der Waals surface area (Å²) < 4.78 is 0. The number of rotatable bonds is 6. The van der Waals surface area contributed by atoms with Crippen LogP contribution >= 0.6 is 0 Å². The molecule has 4 N–H and O–H groups in total. The Kier molecular flexibility index (Phi) is 6.41. The third-order valence-electron chi connectivity index (χ3n) is 5.09. The number of carbonyl (C=O) groups excluding carboxylic acids is 3. The van der Waals surface area contributed by atoms with Crippen LogP contribution in [0.1, 0.15) is 55.8 Å². The van der Waals surface area contributed by atoms with Crippen LogP contribution in [0.3, 0.4) is 0 Å². The minimum Gasteiger partial charge on any atom is -0.353 e. The number of anilines is 1. The van der Waals surface area contributed by atoms with Crippen LogP contribution in [0.25, 0.3) is 0 Å². The predicted octanol–water partition coefficient (Wildman–Crippen LogP) is 1.31. The molecule has 150 valence electrons. The fraction of sp³-hybridized carbons (Fsp3) is 0.500. The molecular weight excluding hydrogens is 358 g/mol. The first-order chi connectivity index (χ1) is 13.5. The molecule has 3 rings (SSSR count). The number of nitrogens with two attached hydrogens (primary N) is 1. The lowest BCUT2D eigenvalue weighted by molar-refractivity contribution is -0.122. The first-order valence-electron chi connectivity index (χ1n) is 9.73. The van der Waals surface area contributed by atoms with E-state index in [1.807, 2.05) is 6.92 Å². The van der Waals surface area contributed by atoms with Crippen molar-refractivity contribution >= 4 is 29.1 Å². The molecule has 0 bridgehead atoms. The Labute approximate surface area is 164 Å². The van der Waals surface area contributed by atoms with E-state index in [1.54, 1.807) is 24.3 Å². The van der Waals surface area contributed by atoms with Crippen LogP contribution in [0, 0.1) is 0 Å². The lowest BCUT2D eigenvalue weighted by Crippen LogP contribution is -2.44. The van der Waals surface area contributed by atoms with E-state index in [0.717, 1.165) is 31.4 Å². The summed E-state index contributed by atoms with van der Waals surface area (Å²) in [5.74, 6) is -0.203. The van der Waals surface area contributed by atoms with Crippen LogP contribution < -0.4 is 21.4 Å². The second-order valence-corrected chi connectivity index (χ2v) is 7.39. The minimum absolute atomic E-state index is 0.00825. The summed E-state index contributed by atoms with van der Waals surface area (Å²) in [7, 11) is 0. The number of carbonyl (C=O) groups is 3. The maximum atomic E-state index is 12.5. The molecule has 8 nitrogen and oxygen atoms in total. The topological polar surface area (TPSA) is 117 Å². The van der Waals surface area contributed by atoms with Crippen LogP contribution in [0.4, 0.5) is 5.69 Å². The molecule has 0 spiro atoms. The molecule has 1 aliphatic heterocycles. The zero-order chi connectivity index (χ0) is 20.1. The van der Waals surface area contributed by atoms with E-state index in [0.29, 0.717) is 30.6 Å². The van der Waals surface area contributed by atoms with Gasteiger partial charge in [-0.1, -0.05) is 0 Å². The molecule has 1 saturated carbocycles. The average Bonchev–Trinajstić information content (AvgIpc) is 3.02. The first kappa shape index (κ1) is 20.0. The number of nitrogens with one attached hydrogen (secondary N) is 2. The van der Waals surface area contributed by atoms with E-state index < -0.39 is 0 Å². The molecular formula is C20H27N5O3. The molecule has 8 heteroatoms. The summed E-state index contributed by atoms with van der Waals surface area (Å²) in [6, 6.07) is 7.15. The second-order valence-electron chi connectivity index (χ2n) is 7.39. The molecule has 0 aromatic heterocycles. The molecule has 1 aromatic rings. The third kappa shape index (κ3) is 4.95. The van der Waals surface area contributed by atoms with Gasteiger partial charge in [0.05, 0.1) is 12.1 Å². The van der Waals surface area contributed by atoms with E-state index in [-0.39, 0.29) is 29.8 Å². The van der Waals surface area contributed by atoms with Crippen molar-refractivity contribution in [1.29, 1.82) is 0 Å². The summed E-state index contributed by atoms with van der Waals surface area (Å²) in [5, 5.41) is 11.6. The molecule has 0 radical (unpaired) electrons. The molecule has 1 heterocycles. The van der Waals surface area contributed by atoms with Crippen LogP contribution in [-0.4, -0.2) is 42.1 Å². The quantitative estimate of drug-likeness (QED) is 0.684. The van der Waals surface area contributed by atoms with Gasteiger partial charge in [-0.2, -0.15) is 5.10 Å². The Hall–Kier alpha value is -2.74. The summed E-state index contributed by atoms with van der Waals surface area (Å²) in [5.41, 5.74) is 7.38. The molecule has 3 amide bonds. The van der Waals surface area contributed by atoms with Crippen molar-refractivity contribution in [2.75, 3.05) is 11.6 Å². The Morgan fingerprint density at radius 2 is 1.71 bits per heavy atom. The predicted molar refractivity (Wildman–Crippen MR) is 107 cm³/mol. The van der Waals surface area contributed by atoms with Gasteiger partial charge in [0, 0.05) is 36.3 Å². The number of benzene rings is 1. The molecule has 0 unspecified atom stereocenters. The van der Waals surface area contributed by atoms with Crippen molar-refractivity contribution in [3.63, 3.8) is 0 Å². The summed E-state index contributed by atoms with van der Waals surface area (Å²) in [4.78, 5) is 36.0. The summed E-state index contributed by atoms with van der Waals surface area (Å²) in [6.45, 7) is 2.17. The highest BCUT2D eigenvalue weighted by Gasteiger charge is 2.25. The van der Waals surface area contributed by atoms with Gasteiger partial charge in [0.25, 0.3) is 11.8 Å². The van der Waals surface area contributed by atoms with Crippen LogP contribution in [0.15, 0.2) is 29.4 Å². The average molecular weight is 385 g/mol. The van der Waals surface area contributed by atoms with Gasteiger partial charge in [0.2, 0.25) is 5.91 Å². The van der Waals surface area contributed by atoms with Gasteiger partial charge in [-0.25, -0.2) is 5.01 Å². The van der Waals surface area contributed by atoms with Crippen molar-refractivity contribution in [2.45, 2.75) is 57.5 Å². The van der Waals surface area contributed by atoms with Crippen molar-refractivity contribution in [3.05, 3.63) is 29.8 Å². The van der Waals surface area contributed by atoms with Crippen molar-refractivity contribution < 1.29 is 14.4 Å². The smallest absolute Gasteiger partial charge is 0.253 e. The van der Waals surface area contributed by atoms with Gasteiger partial charge in [-0.15, -0.1) is 0 Å². The van der Waals surface area contributed by atoms with Gasteiger partial charge in [0.15, 0.2) is 0 Å². The maximum Gasteiger partial charge on any atom is 0.253 e. The first-order valence-corrected chi connectivity index (χ1v) is 9.73. The van der Waals surface area contributed by atoms with Crippen molar-refractivity contribution in [1.82, 2.24) is 10.6 Å². The normalized spacial score (nSPS) is 22.0. The van der Waals surface area contributed by atoms with E-state index in [2.05, 4.69) is 15.7 Å². The summed E-state index contributed by atoms with van der Waals surface area (Å²) >= 11 is 0. The molecule has 28 heavy (non-hydrogen) atoms. The molecule has 0 atom stereocenters. The Morgan fingerprint density at radius 1 is 1.11 bits per heavy atom. The van der Waals surface area contributed by atoms with Gasteiger partial charge in [-0.05, 0) is 56.9 Å². The number of nitrogens with zero attached hydrogens (tertiary/aromatic N) is 2. The lowest BCUT2D eigenvalue weighted by Gasteiger charge is -2.29. The number of hydrogen-bond donors (Lipinski definition) is 3.